The smallest absolute Gasteiger partial charge is 0.207 e. The van der Waals surface area contributed by atoms with Crippen LogP contribution >= 0.6 is 27.5 Å². The normalized spacial score (nSPS) is 14.4. The molecule has 0 aliphatic carbocycles. The Morgan fingerprint density at radius 1 is 1.80 bits per heavy atom. The van der Waals surface area contributed by atoms with Gasteiger partial charge < -0.3 is 5.32 Å². The number of alkyl halides is 1. The molecule has 0 aliphatic rings. The van der Waals surface area contributed by atoms with Crippen LogP contribution in [-0.4, -0.2) is 17.9 Å². The Morgan fingerprint density at radius 2 is 2.47 bits per heavy atom. The molecule has 1 amide bonds. The van der Waals surface area contributed by atoms with Gasteiger partial charge in [-0.15, -0.1) is 0 Å². The fourth-order valence-electron chi connectivity index (χ4n) is 1.12. The van der Waals surface area contributed by atoms with Gasteiger partial charge in [-0.1, -0.05) is 11.6 Å². The van der Waals surface area contributed by atoms with Crippen molar-refractivity contribution in [3.05, 3.63) is 27.5 Å². The molecule has 3 nitrogen and oxygen atoms in total. The van der Waals surface area contributed by atoms with Crippen LogP contribution in [0.2, 0.25) is 5.02 Å². The van der Waals surface area contributed by atoms with Gasteiger partial charge >= 0.3 is 0 Å². The first-order valence-corrected chi connectivity index (χ1v) is 5.32. The second kappa shape index (κ2) is 4.90. The van der Waals surface area contributed by atoms with E-state index in [-0.39, 0.29) is 17.3 Å². The van der Waals surface area contributed by atoms with Crippen molar-refractivity contribution in [3.63, 3.8) is 0 Å². The standard InChI is InChI=1S/C9H9BrClFN2O/c1-9(12,4-13-5-15)8-7(11)2-6(10)3-14-8/h2-3,5H,4H2,1H3,(H,13,15). The summed E-state index contributed by atoms with van der Waals surface area (Å²) in [6, 6.07) is 1.56. The lowest BCUT2D eigenvalue weighted by Crippen LogP contribution is -2.32. The van der Waals surface area contributed by atoms with Crippen LogP contribution in [0.4, 0.5) is 4.39 Å². The predicted molar refractivity (Wildman–Crippen MR) is 59.5 cm³/mol. The van der Waals surface area contributed by atoms with Gasteiger partial charge in [-0.2, -0.15) is 0 Å². The molecule has 1 heterocycles. The minimum absolute atomic E-state index is 0.113. The Balaban J connectivity index is 2.98. The molecule has 0 saturated heterocycles. The molecular weight excluding hydrogens is 286 g/mol. The van der Waals surface area contributed by atoms with Crippen LogP contribution in [0.5, 0.6) is 0 Å². The number of amides is 1. The summed E-state index contributed by atoms with van der Waals surface area (Å²) in [4.78, 5) is 14.0. The number of aromatic nitrogens is 1. The van der Waals surface area contributed by atoms with E-state index in [1.165, 1.54) is 13.1 Å². The Bertz CT molecular complexity index is 373. The second-order valence-electron chi connectivity index (χ2n) is 3.18. The van der Waals surface area contributed by atoms with E-state index in [2.05, 4.69) is 26.2 Å². The Hall–Kier alpha value is -0.680. The van der Waals surface area contributed by atoms with Gasteiger partial charge in [0.05, 0.1) is 17.3 Å². The monoisotopic (exact) mass is 294 g/mol. The van der Waals surface area contributed by atoms with E-state index in [1.54, 1.807) is 6.07 Å². The molecule has 6 heteroatoms. The minimum Gasteiger partial charge on any atom is -0.355 e. The summed E-state index contributed by atoms with van der Waals surface area (Å²) in [6.45, 7) is 1.15. The molecule has 1 aromatic heterocycles. The summed E-state index contributed by atoms with van der Waals surface area (Å²) >= 11 is 9.02. The van der Waals surface area contributed by atoms with E-state index in [9.17, 15) is 9.18 Å². The van der Waals surface area contributed by atoms with E-state index >= 15 is 0 Å². The van der Waals surface area contributed by atoms with Crippen molar-refractivity contribution in [1.29, 1.82) is 0 Å². The zero-order valence-electron chi connectivity index (χ0n) is 7.93. The number of rotatable bonds is 4. The predicted octanol–water partition coefficient (Wildman–Crippen LogP) is 2.43. The van der Waals surface area contributed by atoms with Gasteiger partial charge in [0.25, 0.3) is 0 Å². The highest BCUT2D eigenvalue weighted by atomic mass is 79.9. The van der Waals surface area contributed by atoms with Crippen LogP contribution in [0.1, 0.15) is 12.6 Å². The first-order valence-electron chi connectivity index (χ1n) is 4.15. The maximum Gasteiger partial charge on any atom is 0.207 e. The first kappa shape index (κ1) is 12.4. The fraction of sp³-hybridized carbons (Fsp3) is 0.333. The average Bonchev–Trinajstić information content (AvgIpc) is 2.14. The van der Waals surface area contributed by atoms with Gasteiger partial charge in [0.15, 0.2) is 5.67 Å². The largest absolute Gasteiger partial charge is 0.355 e. The summed E-state index contributed by atoms with van der Waals surface area (Å²) in [6.07, 6.45) is 1.89. The van der Waals surface area contributed by atoms with Gasteiger partial charge in [-0.3, -0.25) is 9.78 Å². The number of nitrogens with zero attached hydrogens (tertiary/aromatic N) is 1. The summed E-state index contributed by atoms with van der Waals surface area (Å²) in [5, 5.41) is 2.49. The molecule has 0 saturated carbocycles. The number of hydrogen-bond acceptors (Lipinski definition) is 2. The number of pyridine rings is 1. The highest BCUT2D eigenvalue weighted by Crippen LogP contribution is 2.30. The molecule has 15 heavy (non-hydrogen) atoms. The highest BCUT2D eigenvalue weighted by molar-refractivity contribution is 9.10. The zero-order valence-corrected chi connectivity index (χ0v) is 10.3. The molecule has 0 aliphatic heterocycles. The lowest BCUT2D eigenvalue weighted by Gasteiger charge is -2.20. The minimum atomic E-state index is -1.78. The van der Waals surface area contributed by atoms with E-state index in [0.29, 0.717) is 10.9 Å². The van der Waals surface area contributed by atoms with Crippen LogP contribution in [0, 0.1) is 0 Å². The number of carbonyl (C=O) groups excluding carboxylic acids is 1. The van der Waals surface area contributed by atoms with Crippen molar-refractivity contribution in [1.82, 2.24) is 10.3 Å². The van der Waals surface area contributed by atoms with Crippen LogP contribution in [0.3, 0.4) is 0 Å². The van der Waals surface area contributed by atoms with Gasteiger partial charge in [-0.05, 0) is 28.9 Å². The maximum absolute atomic E-state index is 14.0. The Labute approximate surface area is 100 Å². The molecule has 0 spiro atoms. The highest BCUT2D eigenvalue weighted by Gasteiger charge is 2.29. The number of nitrogens with one attached hydrogen (secondary N) is 1. The molecule has 0 aromatic carbocycles. The van der Waals surface area contributed by atoms with E-state index < -0.39 is 5.67 Å². The van der Waals surface area contributed by atoms with Crippen molar-refractivity contribution in [2.75, 3.05) is 6.54 Å². The molecule has 1 atom stereocenters. The van der Waals surface area contributed by atoms with Gasteiger partial charge in [-0.25, -0.2) is 4.39 Å². The molecule has 82 valence electrons. The first-order chi connectivity index (χ1) is 6.97. The van der Waals surface area contributed by atoms with Crippen molar-refractivity contribution < 1.29 is 9.18 Å². The zero-order chi connectivity index (χ0) is 11.5. The van der Waals surface area contributed by atoms with Crippen LogP contribution < -0.4 is 5.32 Å². The molecule has 1 aromatic rings. The Kier molecular flexibility index (Phi) is 4.04. The third-order valence-corrected chi connectivity index (χ3v) is 2.54. The van der Waals surface area contributed by atoms with Gasteiger partial charge in [0, 0.05) is 10.7 Å². The topological polar surface area (TPSA) is 42.0 Å². The summed E-state index contributed by atoms with van der Waals surface area (Å²) in [5.74, 6) is 0. The number of carbonyl (C=O) groups is 1. The second-order valence-corrected chi connectivity index (χ2v) is 4.50. The molecule has 0 fully saturated rings. The maximum atomic E-state index is 14.0. The summed E-state index contributed by atoms with van der Waals surface area (Å²) in [5.41, 5.74) is -1.67. The lowest BCUT2D eigenvalue weighted by molar-refractivity contribution is -0.110. The Morgan fingerprint density at radius 3 is 3.00 bits per heavy atom. The van der Waals surface area contributed by atoms with E-state index in [1.807, 2.05) is 0 Å². The van der Waals surface area contributed by atoms with Crippen LogP contribution in [0.25, 0.3) is 0 Å². The van der Waals surface area contributed by atoms with Crippen LogP contribution in [0.15, 0.2) is 16.7 Å². The van der Waals surface area contributed by atoms with Crippen molar-refractivity contribution in [3.8, 4) is 0 Å². The number of hydrogen-bond donors (Lipinski definition) is 1. The molecular formula is C9H9BrClFN2O. The quantitative estimate of drug-likeness (QED) is 0.867. The van der Waals surface area contributed by atoms with Crippen molar-refractivity contribution >= 4 is 33.9 Å². The molecule has 1 N–H and O–H groups in total. The fourth-order valence-corrected chi connectivity index (χ4v) is 1.94. The van der Waals surface area contributed by atoms with Crippen molar-refractivity contribution in [2.24, 2.45) is 0 Å². The third-order valence-electron chi connectivity index (χ3n) is 1.82. The number of halogens is 3. The molecule has 1 unspecified atom stereocenters. The third kappa shape index (κ3) is 3.14. The van der Waals surface area contributed by atoms with E-state index in [0.717, 1.165) is 0 Å². The summed E-state index contributed by atoms with van der Waals surface area (Å²) in [7, 11) is 0. The van der Waals surface area contributed by atoms with Gasteiger partial charge in [0.1, 0.15) is 0 Å². The molecule has 0 bridgehead atoms. The summed E-state index contributed by atoms with van der Waals surface area (Å²) < 4.78 is 14.7. The van der Waals surface area contributed by atoms with E-state index in [4.69, 9.17) is 11.6 Å². The lowest BCUT2D eigenvalue weighted by atomic mass is 10.0. The van der Waals surface area contributed by atoms with Crippen molar-refractivity contribution in [2.45, 2.75) is 12.6 Å². The SMILES string of the molecule is CC(F)(CNC=O)c1ncc(Br)cc1Cl. The van der Waals surface area contributed by atoms with Gasteiger partial charge in [0.2, 0.25) is 6.41 Å². The molecule has 0 radical (unpaired) electrons. The van der Waals surface area contributed by atoms with Crippen LogP contribution in [-0.2, 0) is 10.5 Å². The molecule has 1 rings (SSSR count). The average molecular weight is 296 g/mol.